The van der Waals surface area contributed by atoms with Gasteiger partial charge >= 0.3 is 0 Å². The summed E-state index contributed by atoms with van der Waals surface area (Å²) in [5, 5.41) is 14.3. The highest BCUT2D eigenvalue weighted by Gasteiger charge is 2.14. The van der Waals surface area contributed by atoms with E-state index in [1.807, 2.05) is 31.3 Å². The Labute approximate surface area is 94.3 Å². The van der Waals surface area contributed by atoms with Crippen LogP contribution in [0, 0.1) is 0 Å². The summed E-state index contributed by atoms with van der Waals surface area (Å²) in [5.74, 6) is 0. The van der Waals surface area contributed by atoms with E-state index >= 15 is 0 Å². The van der Waals surface area contributed by atoms with Crippen LogP contribution in [-0.2, 0) is 6.54 Å². The quantitative estimate of drug-likeness (QED) is 0.767. The molecule has 1 aromatic carbocycles. The summed E-state index contributed by atoms with van der Waals surface area (Å²) in [6.07, 6.45) is 2.79. The first-order valence-electron chi connectivity index (χ1n) is 5.27. The van der Waals surface area contributed by atoms with Crippen molar-refractivity contribution in [1.82, 2.24) is 9.78 Å². The molecule has 4 heteroatoms. The van der Waals surface area contributed by atoms with E-state index in [1.54, 1.807) is 16.9 Å². The molecule has 0 saturated carbocycles. The molecule has 0 fully saturated rings. The number of nitrogen functional groups attached to an aromatic ring is 1. The van der Waals surface area contributed by atoms with E-state index in [1.165, 1.54) is 0 Å². The lowest BCUT2D eigenvalue weighted by molar-refractivity contribution is 0.221. The van der Waals surface area contributed by atoms with E-state index in [0.717, 1.165) is 17.7 Å². The summed E-state index contributed by atoms with van der Waals surface area (Å²) in [7, 11) is 0. The van der Waals surface area contributed by atoms with E-state index in [-0.39, 0.29) is 0 Å². The average Bonchev–Trinajstić information content (AvgIpc) is 2.77. The number of anilines is 1. The van der Waals surface area contributed by atoms with Gasteiger partial charge in [-0.1, -0.05) is 18.2 Å². The summed E-state index contributed by atoms with van der Waals surface area (Å²) < 4.78 is 1.78. The second kappa shape index (κ2) is 4.37. The molecule has 0 radical (unpaired) electrons. The number of hydrogen-bond donors (Lipinski definition) is 2. The molecule has 16 heavy (non-hydrogen) atoms. The molecule has 0 saturated heterocycles. The van der Waals surface area contributed by atoms with Crippen LogP contribution in [0.2, 0.25) is 0 Å². The van der Waals surface area contributed by atoms with Gasteiger partial charge in [0.15, 0.2) is 0 Å². The normalized spacial score (nSPS) is 12.6. The summed E-state index contributed by atoms with van der Waals surface area (Å²) in [6, 6.07) is 7.31. The molecule has 1 unspecified atom stereocenters. The largest absolute Gasteiger partial charge is 0.398 e. The topological polar surface area (TPSA) is 64.1 Å². The van der Waals surface area contributed by atoms with Crippen molar-refractivity contribution < 1.29 is 5.11 Å². The number of aliphatic hydroxyl groups is 1. The Hall–Kier alpha value is -1.81. The van der Waals surface area contributed by atoms with Crippen LogP contribution < -0.4 is 5.73 Å². The maximum Gasteiger partial charge on any atom is 0.109 e. The van der Waals surface area contributed by atoms with E-state index in [2.05, 4.69) is 5.10 Å². The Morgan fingerprint density at radius 1 is 1.44 bits per heavy atom. The first-order valence-corrected chi connectivity index (χ1v) is 5.27. The minimum atomic E-state index is -0.707. The van der Waals surface area contributed by atoms with E-state index in [0.29, 0.717) is 5.69 Å². The number of para-hydroxylation sites is 1. The van der Waals surface area contributed by atoms with Crippen molar-refractivity contribution in [2.24, 2.45) is 0 Å². The predicted octanol–water partition coefficient (Wildman–Crippen LogP) is 1.57. The van der Waals surface area contributed by atoms with Crippen molar-refractivity contribution in [3.8, 4) is 0 Å². The Morgan fingerprint density at radius 2 is 2.19 bits per heavy atom. The standard InChI is InChI=1S/C12H15N3O/c1-2-15-8-9(7-14-15)12(16)10-5-3-4-6-11(10)13/h3-8,12,16H,2,13H2,1H3. The molecule has 0 aliphatic carbocycles. The first-order chi connectivity index (χ1) is 7.72. The van der Waals surface area contributed by atoms with Crippen LogP contribution in [0.1, 0.15) is 24.2 Å². The molecule has 0 spiro atoms. The lowest BCUT2D eigenvalue weighted by atomic mass is 10.0. The summed E-state index contributed by atoms with van der Waals surface area (Å²) >= 11 is 0. The van der Waals surface area contributed by atoms with Crippen LogP contribution in [0.25, 0.3) is 0 Å². The van der Waals surface area contributed by atoms with Crippen LogP contribution >= 0.6 is 0 Å². The predicted molar refractivity (Wildman–Crippen MR) is 62.8 cm³/mol. The molecule has 3 N–H and O–H groups in total. The Balaban J connectivity index is 2.31. The lowest BCUT2D eigenvalue weighted by Crippen LogP contribution is -2.02. The van der Waals surface area contributed by atoms with Gasteiger partial charge in [-0.25, -0.2) is 0 Å². The highest BCUT2D eigenvalue weighted by Crippen LogP contribution is 2.25. The van der Waals surface area contributed by atoms with Crippen LogP contribution in [0.3, 0.4) is 0 Å². The van der Waals surface area contributed by atoms with Crippen molar-refractivity contribution >= 4 is 5.69 Å². The number of aliphatic hydroxyl groups excluding tert-OH is 1. The smallest absolute Gasteiger partial charge is 0.109 e. The highest BCUT2D eigenvalue weighted by molar-refractivity contribution is 5.49. The maximum absolute atomic E-state index is 10.1. The summed E-state index contributed by atoms with van der Waals surface area (Å²) in [4.78, 5) is 0. The molecule has 84 valence electrons. The van der Waals surface area contributed by atoms with Crippen LogP contribution in [0.15, 0.2) is 36.7 Å². The Bertz CT molecular complexity index is 479. The van der Waals surface area contributed by atoms with Crippen molar-refractivity contribution in [2.75, 3.05) is 5.73 Å². The lowest BCUT2D eigenvalue weighted by Gasteiger charge is -2.11. The van der Waals surface area contributed by atoms with Gasteiger partial charge in [-0.15, -0.1) is 0 Å². The fraction of sp³-hybridized carbons (Fsp3) is 0.250. The van der Waals surface area contributed by atoms with Gasteiger partial charge < -0.3 is 10.8 Å². The van der Waals surface area contributed by atoms with Crippen molar-refractivity contribution in [2.45, 2.75) is 19.6 Å². The zero-order chi connectivity index (χ0) is 11.5. The third kappa shape index (κ3) is 1.92. The minimum Gasteiger partial charge on any atom is -0.398 e. The van der Waals surface area contributed by atoms with Crippen molar-refractivity contribution in [3.05, 3.63) is 47.8 Å². The fourth-order valence-electron chi connectivity index (χ4n) is 1.63. The van der Waals surface area contributed by atoms with Gasteiger partial charge in [0, 0.05) is 29.6 Å². The second-order valence-corrected chi connectivity index (χ2v) is 3.66. The molecular formula is C12H15N3O. The zero-order valence-electron chi connectivity index (χ0n) is 9.17. The van der Waals surface area contributed by atoms with Crippen molar-refractivity contribution in [3.63, 3.8) is 0 Å². The second-order valence-electron chi connectivity index (χ2n) is 3.66. The maximum atomic E-state index is 10.1. The van der Waals surface area contributed by atoms with Gasteiger partial charge in [0.1, 0.15) is 6.10 Å². The van der Waals surface area contributed by atoms with E-state index < -0.39 is 6.10 Å². The SMILES string of the molecule is CCn1cc(C(O)c2ccccc2N)cn1. The van der Waals surface area contributed by atoms with Crippen LogP contribution in [-0.4, -0.2) is 14.9 Å². The zero-order valence-corrected chi connectivity index (χ0v) is 9.17. The highest BCUT2D eigenvalue weighted by atomic mass is 16.3. The molecule has 1 heterocycles. The van der Waals surface area contributed by atoms with Gasteiger partial charge in [-0.05, 0) is 13.0 Å². The number of nitrogens with zero attached hydrogens (tertiary/aromatic N) is 2. The number of benzene rings is 1. The van der Waals surface area contributed by atoms with Crippen molar-refractivity contribution in [1.29, 1.82) is 0 Å². The minimum absolute atomic E-state index is 0.597. The number of hydrogen-bond acceptors (Lipinski definition) is 3. The molecule has 0 bridgehead atoms. The summed E-state index contributed by atoms with van der Waals surface area (Å²) in [6.45, 7) is 2.79. The van der Waals surface area contributed by atoms with E-state index in [9.17, 15) is 5.11 Å². The number of nitrogens with two attached hydrogens (primary N) is 1. The van der Waals surface area contributed by atoms with Gasteiger partial charge in [-0.3, -0.25) is 4.68 Å². The molecule has 4 nitrogen and oxygen atoms in total. The molecule has 0 amide bonds. The molecular weight excluding hydrogens is 202 g/mol. The molecule has 1 aromatic heterocycles. The van der Waals surface area contributed by atoms with E-state index in [4.69, 9.17) is 5.73 Å². The van der Waals surface area contributed by atoms with Gasteiger partial charge in [0.2, 0.25) is 0 Å². The molecule has 0 aliphatic heterocycles. The van der Waals surface area contributed by atoms with Gasteiger partial charge in [-0.2, -0.15) is 5.10 Å². The third-order valence-electron chi connectivity index (χ3n) is 2.58. The molecule has 2 aromatic rings. The van der Waals surface area contributed by atoms with Gasteiger partial charge in [0.25, 0.3) is 0 Å². The molecule has 0 aliphatic rings. The monoisotopic (exact) mass is 217 g/mol. The number of aryl methyl sites for hydroxylation is 1. The number of rotatable bonds is 3. The molecule has 1 atom stereocenters. The fourth-order valence-corrected chi connectivity index (χ4v) is 1.63. The third-order valence-corrected chi connectivity index (χ3v) is 2.58. The average molecular weight is 217 g/mol. The first kappa shape index (κ1) is 10.7. The van der Waals surface area contributed by atoms with Gasteiger partial charge in [0.05, 0.1) is 6.20 Å². The Kier molecular flexibility index (Phi) is 2.92. The number of aromatic nitrogens is 2. The summed E-state index contributed by atoms with van der Waals surface area (Å²) in [5.41, 5.74) is 7.89. The van der Waals surface area contributed by atoms with Crippen LogP contribution in [0.4, 0.5) is 5.69 Å². The Morgan fingerprint density at radius 3 is 2.81 bits per heavy atom. The van der Waals surface area contributed by atoms with Crippen LogP contribution in [0.5, 0.6) is 0 Å². The molecule has 2 rings (SSSR count).